The van der Waals surface area contributed by atoms with Gasteiger partial charge in [0.1, 0.15) is 13.2 Å². The van der Waals surface area contributed by atoms with E-state index in [0.29, 0.717) is 19.3 Å². The highest BCUT2D eigenvalue weighted by Crippen LogP contribution is 2.13. The lowest BCUT2D eigenvalue weighted by Gasteiger charge is -2.18. The second-order valence-corrected chi connectivity index (χ2v) is 19.1. The van der Waals surface area contributed by atoms with E-state index in [0.717, 1.165) is 154 Å². The molecule has 0 saturated carbocycles. The maximum absolute atomic E-state index is 12.9. The maximum atomic E-state index is 12.9. The highest BCUT2D eigenvalue weighted by atomic mass is 16.6. The number of carbonyl (C=O) groups excluding carboxylic acids is 3. The molecule has 1 atom stereocenters. The van der Waals surface area contributed by atoms with Gasteiger partial charge in [-0.3, -0.25) is 14.4 Å². The quantitative estimate of drug-likeness (QED) is 0.0261. The summed E-state index contributed by atoms with van der Waals surface area (Å²) >= 11 is 0. The minimum absolute atomic E-state index is 0.116. The Bertz CT molecular complexity index is 1710. The van der Waals surface area contributed by atoms with Gasteiger partial charge in [-0.1, -0.05) is 230 Å². The summed E-state index contributed by atoms with van der Waals surface area (Å²) in [4.78, 5) is 38.3. The number of esters is 3. The normalized spacial score (nSPS) is 13.3. The van der Waals surface area contributed by atoms with Crippen molar-refractivity contribution in [2.45, 2.75) is 245 Å². The predicted octanol–water partition coefficient (Wildman–Crippen LogP) is 20.5. The molecule has 6 nitrogen and oxygen atoms in total. The van der Waals surface area contributed by atoms with Crippen LogP contribution in [0.25, 0.3) is 0 Å². The topological polar surface area (TPSA) is 78.9 Å². The maximum Gasteiger partial charge on any atom is 0.306 e. The van der Waals surface area contributed by atoms with Crippen molar-refractivity contribution < 1.29 is 28.6 Å². The Kier molecular flexibility index (Phi) is 57.5. The highest BCUT2D eigenvalue weighted by Gasteiger charge is 2.19. The molecule has 6 heteroatoms. The number of rotatable bonds is 52. The molecule has 0 heterocycles. The van der Waals surface area contributed by atoms with E-state index in [2.05, 4.69) is 179 Å². The summed E-state index contributed by atoms with van der Waals surface area (Å²) in [6.07, 6.45) is 89.4. The van der Waals surface area contributed by atoms with Gasteiger partial charge >= 0.3 is 17.9 Å². The average Bonchev–Trinajstić information content (AvgIpc) is 3.41. The molecular formula is C69H108O6. The lowest BCUT2D eigenvalue weighted by molar-refractivity contribution is -0.167. The van der Waals surface area contributed by atoms with Crippen molar-refractivity contribution in [1.29, 1.82) is 0 Å². The van der Waals surface area contributed by atoms with Crippen molar-refractivity contribution in [3.8, 4) is 0 Å². The number of hydrogen-bond acceptors (Lipinski definition) is 6. The Morgan fingerprint density at radius 3 is 0.827 bits per heavy atom. The highest BCUT2D eigenvalue weighted by molar-refractivity contribution is 5.71. The molecule has 0 aromatic rings. The largest absolute Gasteiger partial charge is 0.462 e. The molecular weight excluding hydrogens is 925 g/mol. The number of carbonyl (C=O) groups is 3. The van der Waals surface area contributed by atoms with Crippen molar-refractivity contribution in [3.05, 3.63) is 158 Å². The van der Waals surface area contributed by atoms with Gasteiger partial charge in [0.15, 0.2) is 6.10 Å². The van der Waals surface area contributed by atoms with Crippen molar-refractivity contribution in [3.63, 3.8) is 0 Å². The first-order valence-electron chi connectivity index (χ1n) is 30.0. The molecule has 0 aromatic heterocycles. The molecule has 0 saturated heterocycles. The van der Waals surface area contributed by atoms with E-state index in [-0.39, 0.29) is 37.5 Å². The molecule has 420 valence electrons. The second kappa shape index (κ2) is 61.6. The summed E-state index contributed by atoms with van der Waals surface area (Å²) in [7, 11) is 0. The summed E-state index contributed by atoms with van der Waals surface area (Å²) in [5.41, 5.74) is 0. The third kappa shape index (κ3) is 59.8. The molecule has 0 unspecified atom stereocenters. The molecule has 0 bridgehead atoms. The van der Waals surface area contributed by atoms with Gasteiger partial charge in [0.05, 0.1) is 0 Å². The van der Waals surface area contributed by atoms with Gasteiger partial charge in [0.2, 0.25) is 0 Å². The second-order valence-electron chi connectivity index (χ2n) is 19.1. The number of hydrogen-bond donors (Lipinski definition) is 0. The lowest BCUT2D eigenvalue weighted by Crippen LogP contribution is -2.30. The molecule has 0 spiro atoms. The SMILES string of the molecule is CC/C=C\C/C=C\C/C=C\C/C=C\C/C=C\CCCCCC(=O)OC[C@@H](COC(=O)CCCCCCCC/C=C\C/C=C\C/C=C\CCCCC)OC(=O)CCCCC/C=C\C/C=C\C/C=C\C/C=C\C/C=C\CC. The van der Waals surface area contributed by atoms with Gasteiger partial charge in [-0.25, -0.2) is 0 Å². The summed E-state index contributed by atoms with van der Waals surface area (Å²) in [6.45, 7) is 6.31. The fourth-order valence-corrected chi connectivity index (χ4v) is 7.56. The molecule has 0 radical (unpaired) electrons. The van der Waals surface area contributed by atoms with Crippen LogP contribution in [0.2, 0.25) is 0 Å². The third-order valence-electron chi connectivity index (χ3n) is 12.0. The van der Waals surface area contributed by atoms with Crippen molar-refractivity contribution in [2.24, 2.45) is 0 Å². The zero-order chi connectivity index (χ0) is 54.3. The van der Waals surface area contributed by atoms with Crippen LogP contribution in [0.5, 0.6) is 0 Å². The molecule has 0 aromatic carbocycles. The lowest BCUT2D eigenvalue weighted by atomic mass is 10.1. The van der Waals surface area contributed by atoms with Crippen LogP contribution >= 0.6 is 0 Å². The van der Waals surface area contributed by atoms with Crippen molar-refractivity contribution in [1.82, 2.24) is 0 Å². The molecule has 0 fully saturated rings. The Hall–Kier alpha value is -4.97. The summed E-state index contributed by atoms with van der Waals surface area (Å²) in [5, 5.41) is 0. The van der Waals surface area contributed by atoms with Crippen LogP contribution in [0.3, 0.4) is 0 Å². The Balaban J connectivity index is 4.58. The number of ether oxygens (including phenoxy) is 3. The van der Waals surface area contributed by atoms with Crippen LogP contribution in [0.4, 0.5) is 0 Å². The average molecular weight is 1030 g/mol. The van der Waals surface area contributed by atoms with E-state index in [9.17, 15) is 14.4 Å². The van der Waals surface area contributed by atoms with Crippen LogP contribution in [-0.4, -0.2) is 37.2 Å². The molecule has 0 aliphatic carbocycles. The predicted molar refractivity (Wildman–Crippen MR) is 325 cm³/mol. The smallest absolute Gasteiger partial charge is 0.306 e. The first kappa shape index (κ1) is 70.0. The molecule has 0 N–H and O–H groups in total. The van der Waals surface area contributed by atoms with Crippen LogP contribution < -0.4 is 0 Å². The van der Waals surface area contributed by atoms with Crippen molar-refractivity contribution in [2.75, 3.05) is 13.2 Å². The van der Waals surface area contributed by atoms with E-state index >= 15 is 0 Å². The first-order chi connectivity index (χ1) is 37.0. The fourth-order valence-electron chi connectivity index (χ4n) is 7.56. The van der Waals surface area contributed by atoms with Crippen LogP contribution in [0, 0.1) is 0 Å². The van der Waals surface area contributed by atoms with Gasteiger partial charge < -0.3 is 14.2 Å². The minimum Gasteiger partial charge on any atom is -0.462 e. The van der Waals surface area contributed by atoms with Crippen LogP contribution in [-0.2, 0) is 28.6 Å². The third-order valence-corrected chi connectivity index (χ3v) is 12.0. The Morgan fingerprint density at radius 2 is 0.520 bits per heavy atom. The van der Waals surface area contributed by atoms with E-state index in [1.54, 1.807) is 0 Å². The van der Waals surface area contributed by atoms with Gasteiger partial charge in [-0.05, 0) is 148 Å². The van der Waals surface area contributed by atoms with Gasteiger partial charge in [-0.15, -0.1) is 0 Å². The van der Waals surface area contributed by atoms with Gasteiger partial charge in [-0.2, -0.15) is 0 Å². The zero-order valence-electron chi connectivity index (χ0n) is 48.0. The van der Waals surface area contributed by atoms with Crippen LogP contribution in [0.15, 0.2) is 158 Å². The number of unbranched alkanes of at least 4 members (excludes halogenated alkanes) is 15. The molecule has 0 rings (SSSR count). The fraction of sp³-hybridized carbons (Fsp3) is 0.580. The van der Waals surface area contributed by atoms with Gasteiger partial charge in [0.25, 0.3) is 0 Å². The summed E-state index contributed by atoms with van der Waals surface area (Å²) in [6, 6.07) is 0. The van der Waals surface area contributed by atoms with E-state index in [1.807, 2.05) is 0 Å². The molecule has 0 amide bonds. The zero-order valence-corrected chi connectivity index (χ0v) is 48.0. The molecule has 0 aliphatic heterocycles. The first-order valence-corrected chi connectivity index (χ1v) is 30.0. The van der Waals surface area contributed by atoms with E-state index in [4.69, 9.17) is 14.2 Å². The van der Waals surface area contributed by atoms with Gasteiger partial charge in [0, 0.05) is 19.3 Å². The molecule has 0 aliphatic rings. The summed E-state index contributed by atoms with van der Waals surface area (Å²) < 4.78 is 16.8. The minimum atomic E-state index is -0.825. The van der Waals surface area contributed by atoms with E-state index < -0.39 is 6.10 Å². The Morgan fingerprint density at radius 1 is 0.280 bits per heavy atom. The summed E-state index contributed by atoms with van der Waals surface area (Å²) in [5.74, 6) is -1.000. The Labute approximate surface area is 460 Å². The van der Waals surface area contributed by atoms with Crippen molar-refractivity contribution >= 4 is 17.9 Å². The van der Waals surface area contributed by atoms with E-state index in [1.165, 1.54) is 38.5 Å². The monoisotopic (exact) mass is 1030 g/mol. The van der Waals surface area contributed by atoms with Crippen LogP contribution in [0.1, 0.15) is 239 Å². The number of allylic oxidation sites excluding steroid dienone is 26. The molecule has 75 heavy (non-hydrogen) atoms. The standard InChI is InChI=1S/C69H108O6/c1-4-7-10-13-16-19-22-25-28-31-34-37-40-43-46-49-52-55-58-61-67(70)73-64-66(75-69(72)63-60-57-54-51-48-45-42-39-36-33-30-27-24-21-18-15-12-9-6-3)65-74-68(71)62-59-56-53-50-47-44-41-38-35-32-29-26-23-20-17-14-11-8-5-2/h7,9-10,12,16-21,25-30,34-39,43,45-46,48,66H,4-6,8,11,13-15,22-24,31-33,40-42,44,47,49-65H2,1-3H3/b10-7-,12-9-,19-16-,20-17-,21-18-,28-25-,29-26-,30-27-,37-34-,38-35-,39-36-,46-43-,48-45-/t66-/m0/s1.